The van der Waals surface area contributed by atoms with Gasteiger partial charge in [-0.15, -0.1) is 0 Å². The van der Waals surface area contributed by atoms with E-state index >= 15 is 0 Å². The van der Waals surface area contributed by atoms with Crippen molar-refractivity contribution in [3.63, 3.8) is 0 Å². The smallest absolute Gasteiger partial charge is 0.294 e. The Kier molecular flexibility index (Phi) is 6.39. The molecular formula is C16H23ClN4O3. The second-order valence-electron chi connectivity index (χ2n) is 6.35. The van der Waals surface area contributed by atoms with Crippen molar-refractivity contribution in [2.45, 2.75) is 13.8 Å². The number of rotatable bonds is 6. The van der Waals surface area contributed by atoms with Crippen molar-refractivity contribution in [3.8, 4) is 0 Å². The topological polar surface area (TPSA) is 78.7 Å². The van der Waals surface area contributed by atoms with Gasteiger partial charge in [-0.2, -0.15) is 0 Å². The minimum atomic E-state index is -0.410. The first-order valence-corrected chi connectivity index (χ1v) is 8.42. The first-order valence-electron chi connectivity index (χ1n) is 8.04. The Morgan fingerprint density at radius 2 is 2.00 bits per heavy atom. The summed E-state index contributed by atoms with van der Waals surface area (Å²) in [5.74, 6) is 0.450. The number of nitro benzene ring substituents is 1. The summed E-state index contributed by atoms with van der Waals surface area (Å²) in [7, 11) is 0. The lowest BCUT2D eigenvalue weighted by atomic mass is 10.2. The highest BCUT2D eigenvalue weighted by Gasteiger charge is 2.24. The van der Waals surface area contributed by atoms with Crippen LogP contribution in [0.2, 0.25) is 5.02 Å². The number of nitrogens with zero attached hydrogens (tertiary/aromatic N) is 3. The van der Waals surface area contributed by atoms with Crippen LogP contribution in [-0.2, 0) is 4.79 Å². The number of anilines is 1. The third kappa shape index (κ3) is 5.07. The standard InChI is InChI=1S/C16H23ClN4O3/c1-12(2)10-18-16(22)11-19-5-7-20(8-6-19)14-4-3-13(17)9-15(14)21(23)24/h3-4,9,12H,5-8,10-11H2,1-2H3,(H,18,22). The van der Waals surface area contributed by atoms with E-state index in [0.29, 0.717) is 55.9 Å². The summed E-state index contributed by atoms with van der Waals surface area (Å²) in [6.45, 7) is 7.80. The minimum Gasteiger partial charge on any atom is -0.363 e. The van der Waals surface area contributed by atoms with Crippen LogP contribution in [0.25, 0.3) is 0 Å². The van der Waals surface area contributed by atoms with Gasteiger partial charge in [0.2, 0.25) is 5.91 Å². The highest BCUT2D eigenvalue weighted by molar-refractivity contribution is 6.30. The molecule has 0 saturated carbocycles. The van der Waals surface area contributed by atoms with Gasteiger partial charge in [0.25, 0.3) is 5.69 Å². The maximum Gasteiger partial charge on any atom is 0.294 e. The summed E-state index contributed by atoms with van der Waals surface area (Å²) in [5, 5.41) is 14.5. The number of piperazine rings is 1. The van der Waals surface area contributed by atoms with Crippen molar-refractivity contribution in [1.82, 2.24) is 10.2 Å². The number of benzene rings is 1. The van der Waals surface area contributed by atoms with Crippen LogP contribution in [0, 0.1) is 16.0 Å². The van der Waals surface area contributed by atoms with Gasteiger partial charge < -0.3 is 10.2 Å². The molecule has 8 heteroatoms. The van der Waals surface area contributed by atoms with E-state index in [1.54, 1.807) is 12.1 Å². The number of nitrogens with one attached hydrogen (secondary N) is 1. The molecular weight excluding hydrogens is 332 g/mol. The molecule has 1 amide bonds. The molecule has 0 bridgehead atoms. The molecule has 2 rings (SSSR count). The molecule has 24 heavy (non-hydrogen) atoms. The molecule has 7 nitrogen and oxygen atoms in total. The van der Waals surface area contributed by atoms with E-state index in [1.165, 1.54) is 6.07 Å². The third-order valence-corrected chi connectivity index (χ3v) is 4.16. The average Bonchev–Trinajstić information content (AvgIpc) is 2.53. The number of carbonyl (C=O) groups is 1. The fourth-order valence-electron chi connectivity index (χ4n) is 2.63. The largest absolute Gasteiger partial charge is 0.363 e. The predicted molar refractivity (Wildman–Crippen MR) is 94.6 cm³/mol. The van der Waals surface area contributed by atoms with Gasteiger partial charge in [0, 0.05) is 43.8 Å². The molecule has 1 fully saturated rings. The van der Waals surface area contributed by atoms with Crippen LogP contribution in [0.1, 0.15) is 13.8 Å². The van der Waals surface area contributed by atoms with E-state index < -0.39 is 4.92 Å². The molecule has 0 aliphatic carbocycles. The molecule has 1 saturated heterocycles. The van der Waals surface area contributed by atoms with Crippen molar-refractivity contribution >= 4 is 28.9 Å². The van der Waals surface area contributed by atoms with Crippen molar-refractivity contribution in [2.24, 2.45) is 5.92 Å². The summed E-state index contributed by atoms with van der Waals surface area (Å²) in [4.78, 5) is 26.7. The molecule has 0 radical (unpaired) electrons. The van der Waals surface area contributed by atoms with E-state index in [0.717, 1.165) is 0 Å². The Morgan fingerprint density at radius 3 is 2.58 bits per heavy atom. The number of halogens is 1. The second-order valence-corrected chi connectivity index (χ2v) is 6.79. The first-order chi connectivity index (χ1) is 11.4. The SMILES string of the molecule is CC(C)CNC(=O)CN1CCN(c2ccc(Cl)cc2[N+](=O)[O-])CC1. The van der Waals surface area contributed by atoms with Gasteiger partial charge >= 0.3 is 0 Å². The number of nitro groups is 1. The van der Waals surface area contributed by atoms with Gasteiger partial charge in [0.05, 0.1) is 11.5 Å². The molecule has 132 valence electrons. The summed E-state index contributed by atoms with van der Waals surface area (Å²) in [6, 6.07) is 4.73. The Bertz CT molecular complexity index is 601. The van der Waals surface area contributed by atoms with Crippen LogP contribution in [0.4, 0.5) is 11.4 Å². The molecule has 0 aromatic heterocycles. The maximum atomic E-state index is 11.9. The first kappa shape index (κ1) is 18.5. The fourth-order valence-corrected chi connectivity index (χ4v) is 2.80. The molecule has 1 aliphatic rings. The molecule has 0 unspecified atom stereocenters. The van der Waals surface area contributed by atoms with Gasteiger partial charge in [0.15, 0.2) is 0 Å². The van der Waals surface area contributed by atoms with Gasteiger partial charge in [0.1, 0.15) is 5.69 Å². The summed E-state index contributed by atoms with van der Waals surface area (Å²) in [5.41, 5.74) is 0.596. The van der Waals surface area contributed by atoms with Crippen molar-refractivity contribution in [3.05, 3.63) is 33.3 Å². The van der Waals surface area contributed by atoms with Crippen LogP contribution in [-0.4, -0.2) is 55.0 Å². The Morgan fingerprint density at radius 1 is 1.33 bits per heavy atom. The highest BCUT2D eigenvalue weighted by atomic mass is 35.5. The number of hydrogen-bond donors (Lipinski definition) is 1. The monoisotopic (exact) mass is 354 g/mol. The lowest BCUT2D eigenvalue weighted by molar-refractivity contribution is -0.384. The van der Waals surface area contributed by atoms with E-state index in [2.05, 4.69) is 24.1 Å². The van der Waals surface area contributed by atoms with Gasteiger partial charge in [-0.05, 0) is 18.1 Å². The zero-order valence-corrected chi connectivity index (χ0v) is 14.8. The van der Waals surface area contributed by atoms with Crippen LogP contribution in [0.3, 0.4) is 0 Å². The van der Waals surface area contributed by atoms with Gasteiger partial charge in [-0.3, -0.25) is 19.8 Å². The number of amides is 1. The molecule has 1 heterocycles. The molecule has 1 aromatic carbocycles. The molecule has 1 aliphatic heterocycles. The Balaban J connectivity index is 1.91. The quantitative estimate of drug-likeness (QED) is 0.625. The summed E-state index contributed by atoms with van der Waals surface area (Å²) in [6.07, 6.45) is 0. The molecule has 0 atom stereocenters. The molecule has 0 spiro atoms. The van der Waals surface area contributed by atoms with E-state index in [9.17, 15) is 14.9 Å². The maximum absolute atomic E-state index is 11.9. The van der Waals surface area contributed by atoms with Crippen LogP contribution < -0.4 is 10.2 Å². The molecule has 1 aromatic rings. The predicted octanol–water partition coefficient (Wildman–Crippen LogP) is 2.14. The zero-order valence-electron chi connectivity index (χ0n) is 14.0. The van der Waals surface area contributed by atoms with Crippen molar-refractivity contribution in [2.75, 3.05) is 44.2 Å². The highest BCUT2D eigenvalue weighted by Crippen LogP contribution is 2.31. The number of hydrogen-bond acceptors (Lipinski definition) is 5. The number of carbonyl (C=O) groups excluding carboxylic acids is 1. The van der Waals surface area contributed by atoms with Crippen molar-refractivity contribution in [1.29, 1.82) is 0 Å². The van der Waals surface area contributed by atoms with Crippen LogP contribution in [0.15, 0.2) is 18.2 Å². The van der Waals surface area contributed by atoms with Crippen LogP contribution >= 0.6 is 11.6 Å². The summed E-state index contributed by atoms with van der Waals surface area (Å²) >= 11 is 5.86. The van der Waals surface area contributed by atoms with E-state index in [-0.39, 0.29) is 11.6 Å². The Hall–Kier alpha value is -1.86. The second kappa shape index (κ2) is 8.30. The fraction of sp³-hybridized carbons (Fsp3) is 0.562. The Labute approximate surface area is 146 Å². The van der Waals surface area contributed by atoms with Crippen molar-refractivity contribution < 1.29 is 9.72 Å². The third-order valence-electron chi connectivity index (χ3n) is 3.92. The van der Waals surface area contributed by atoms with E-state index in [4.69, 9.17) is 11.6 Å². The minimum absolute atomic E-state index is 0.0191. The zero-order chi connectivity index (χ0) is 17.7. The van der Waals surface area contributed by atoms with Crippen LogP contribution in [0.5, 0.6) is 0 Å². The van der Waals surface area contributed by atoms with Gasteiger partial charge in [-0.25, -0.2) is 0 Å². The van der Waals surface area contributed by atoms with E-state index in [1.807, 2.05) is 4.90 Å². The summed E-state index contributed by atoms with van der Waals surface area (Å²) < 4.78 is 0. The van der Waals surface area contributed by atoms with Gasteiger partial charge in [-0.1, -0.05) is 25.4 Å². The average molecular weight is 355 g/mol. The lowest BCUT2D eigenvalue weighted by Crippen LogP contribution is -2.49. The normalized spacial score (nSPS) is 15.6. The molecule has 1 N–H and O–H groups in total. The lowest BCUT2D eigenvalue weighted by Gasteiger charge is -2.35.